The number of hydrogen-bond acceptors (Lipinski definition) is 3. The molecule has 0 atom stereocenters. The normalized spacial score (nSPS) is 12.2. The molecule has 4 aromatic rings. The Hall–Kier alpha value is -3.79. The van der Waals surface area contributed by atoms with Gasteiger partial charge in [0.2, 0.25) is 0 Å². The van der Waals surface area contributed by atoms with E-state index in [1.165, 1.54) is 11.0 Å². The molecule has 0 aliphatic carbocycles. The summed E-state index contributed by atoms with van der Waals surface area (Å²) in [4.78, 5) is 14.9. The molecular weight excluding hydrogens is 449 g/mol. The lowest BCUT2D eigenvalue weighted by Gasteiger charge is -2.17. The number of allylic oxidation sites excluding steroid dienone is 4. The highest BCUT2D eigenvalue weighted by molar-refractivity contribution is 6.53. The van der Waals surface area contributed by atoms with E-state index in [2.05, 4.69) is 114 Å². The van der Waals surface area contributed by atoms with Gasteiger partial charge in [0.25, 0.3) is 0 Å². The summed E-state index contributed by atoms with van der Waals surface area (Å²) in [5, 5.41) is 0. The van der Waals surface area contributed by atoms with Crippen molar-refractivity contribution in [3.63, 3.8) is 0 Å². The van der Waals surface area contributed by atoms with Crippen molar-refractivity contribution in [2.75, 3.05) is 0 Å². The second-order valence-corrected chi connectivity index (χ2v) is 10.4. The molecule has 3 aromatic carbocycles. The maximum absolute atomic E-state index is 4.97. The molecule has 0 N–H and O–H groups in total. The molecule has 0 aliphatic rings. The predicted octanol–water partition coefficient (Wildman–Crippen LogP) is 8.04. The Labute approximate surface area is 222 Å². The van der Waals surface area contributed by atoms with E-state index in [0.29, 0.717) is 11.6 Å². The SMILES string of the molecule is C/C=C\C=C(/CC)c1nc(-c2cccc([B]CC(C)(C)C)c2)nc(-c2cccc(-c3ccccc3)c2)n1. The van der Waals surface area contributed by atoms with Crippen molar-refractivity contribution in [3.8, 4) is 33.9 Å². The molecule has 1 aromatic heterocycles. The monoisotopic (exact) mass is 484 g/mol. The van der Waals surface area contributed by atoms with Crippen LogP contribution in [0.3, 0.4) is 0 Å². The third-order valence-electron chi connectivity index (χ3n) is 6.12. The van der Waals surface area contributed by atoms with Crippen molar-refractivity contribution in [1.82, 2.24) is 15.0 Å². The van der Waals surface area contributed by atoms with E-state index < -0.39 is 0 Å². The van der Waals surface area contributed by atoms with Crippen molar-refractivity contribution in [3.05, 3.63) is 103 Å². The van der Waals surface area contributed by atoms with E-state index in [9.17, 15) is 0 Å². The third kappa shape index (κ3) is 7.13. The molecule has 0 fully saturated rings. The van der Waals surface area contributed by atoms with E-state index in [4.69, 9.17) is 15.0 Å². The first-order valence-electron chi connectivity index (χ1n) is 13.0. The second kappa shape index (κ2) is 12.0. The van der Waals surface area contributed by atoms with Crippen LogP contribution in [0.2, 0.25) is 6.32 Å². The van der Waals surface area contributed by atoms with Gasteiger partial charge in [-0.2, -0.15) is 0 Å². The molecule has 0 bridgehead atoms. The first-order chi connectivity index (χ1) is 17.9. The van der Waals surface area contributed by atoms with Crippen LogP contribution in [-0.2, 0) is 0 Å². The predicted molar refractivity (Wildman–Crippen MR) is 159 cm³/mol. The lowest BCUT2D eigenvalue weighted by atomic mass is 9.60. The first-order valence-corrected chi connectivity index (χ1v) is 13.0. The third-order valence-corrected chi connectivity index (χ3v) is 6.12. The Morgan fingerprint density at radius 2 is 1.38 bits per heavy atom. The molecule has 3 nitrogen and oxygen atoms in total. The van der Waals surface area contributed by atoms with Gasteiger partial charge < -0.3 is 0 Å². The van der Waals surface area contributed by atoms with Crippen LogP contribution in [0, 0.1) is 5.41 Å². The molecule has 4 heteroatoms. The zero-order chi connectivity index (χ0) is 26.3. The van der Waals surface area contributed by atoms with Crippen LogP contribution in [0.25, 0.3) is 39.5 Å². The fourth-order valence-electron chi connectivity index (χ4n) is 4.04. The van der Waals surface area contributed by atoms with Crippen LogP contribution in [-0.4, -0.2) is 22.2 Å². The van der Waals surface area contributed by atoms with Crippen molar-refractivity contribution < 1.29 is 0 Å². The van der Waals surface area contributed by atoms with E-state index >= 15 is 0 Å². The van der Waals surface area contributed by atoms with Gasteiger partial charge in [-0.15, -0.1) is 0 Å². The van der Waals surface area contributed by atoms with Gasteiger partial charge in [0, 0.05) is 11.1 Å². The van der Waals surface area contributed by atoms with Gasteiger partial charge in [-0.3, -0.25) is 0 Å². The van der Waals surface area contributed by atoms with Crippen molar-refractivity contribution in [1.29, 1.82) is 0 Å². The quantitative estimate of drug-likeness (QED) is 0.188. The maximum Gasteiger partial charge on any atom is 0.164 e. The molecule has 0 saturated heterocycles. The average molecular weight is 484 g/mol. The Morgan fingerprint density at radius 3 is 2.03 bits per heavy atom. The summed E-state index contributed by atoms with van der Waals surface area (Å²) in [5.41, 5.74) is 6.78. The van der Waals surface area contributed by atoms with Crippen molar-refractivity contribution >= 4 is 18.3 Å². The summed E-state index contributed by atoms with van der Waals surface area (Å²) in [5.74, 6) is 2.09. The molecule has 1 radical (unpaired) electrons. The van der Waals surface area contributed by atoms with Crippen LogP contribution < -0.4 is 5.46 Å². The molecule has 4 rings (SSSR count). The Morgan fingerprint density at radius 1 is 0.757 bits per heavy atom. The Kier molecular flexibility index (Phi) is 8.50. The minimum absolute atomic E-state index is 0.237. The molecule has 1 heterocycles. The summed E-state index contributed by atoms with van der Waals surface area (Å²) in [6, 6.07) is 27.3. The summed E-state index contributed by atoms with van der Waals surface area (Å²) < 4.78 is 0. The second-order valence-electron chi connectivity index (χ2n) is 10.4. The number of aromatic nitrogens is 3. The van der Waals surface area contributed by atoms with Crippen molar-refractivity contribution in [2.24, 2.45) is 5.41 Å². The highest BCUT2D eigenvalue weighted by Gasteiger charge is 2.15. The molecule has 37 heavy (non-hydrogen) atoms. The highest BCUT2D eigenvalue weighted by Crippen LogP contribution is 2.27. The van der Waals surface area contributed by atoms with E-state index in [1.54, 1.807) is 0 Å². The topological polar surface area (TPSA) is 38.7 Å². The summed E-state index contributed by atoms with van der Waals surface area (Å²) in [7, 11) is 2.29. The molecule has 0 spiro atoms. The number of benzene rings is 3. The van der Waals surface area contributed by atoms with Gasteiger partial charge in [-0.05, 0) is 41.5 Å². The van der Waals surface area contributed by atoms with Gasteiger partial charge in [0.15, 0.2) is 24.8 Å². The molecule has 0 unspecified atom stereocenters. The summed E-state index contributed by atoms with van der Waals surface area (Å²) in [6.45, 7) is 10.9. The van der Waals surface area contributed by atoms with Gasteiger partial charge in [-0.25, -0.2) is 15.0 Å². The lowest BCUT2D eigenvalue weighted by molar-refractivity contribution is 0.468. The molecular formula is C33H35BN3. The van der Waals surface area contributed by atoms with Crippen LogP contribution in [0.15, 0.2) is 97.1 Å². The summed E-state index contributed by atoms with van der Waals surface area (Å²) in [6.07, 6.45) is 7.99. The first kappa shape index (κ1) is 26.3. The Balaban J connectivity index is 1.82. The standard InChI is InChI=1S/C33H35BN3/c1-6-8-14-24(7-2)30-35-31(27-18-12-17-26(21-27)25-15-10-9-11-16-25)37-32(36-30)28-19-13-20-29(22-28)34-23-33(3,4)5/h6,8-22H,7,23H2,1-5H3/b8-6-,24-14+. The van der Waals surface area contributed by atoms with E-state index in [0.717, 1.165) is 40.8 Å². The number of hydrogen-bond donors (Lipinski definition) is 0. The van der Waals surface area contributed by atoms with Gasteiger partial charge in [-0.1, -0.05) is 131 Å². The van der Waals surface area contributed by atoms with Crippen LogP contribution in [0.1, 0.15) is 46.9 Å². The van der Waals surface area contributed by atoms with E-state index in [-0.39, 0.29) is 5.41 Å². The minimum atomic E-state index is 0.237. The molecule has 185 valence electrons. The minimum Gasteiger partial charge on any atom is -0.209 e. The Bertz CT molecular complexity index is 1400. The highest BCUT2D eigenvalue weighted by atomic mass is 15.0. The molecule has 0 saturated carbocycles. The van der Waals surface area contributed by atoms with Crippen LogP contribution in [0.5, 0.6) is 0 Å². The fourth-order valence-corrected chi connectivity index (χ4v) is 4.04. The average Bonchev–Trinajstić information content (AvgIpc) is 2.92. The molecule has 0 aliphatic heterocycles. The van der Waals surface area contributed by atoms with Crippen LogP contribution >= 0.6 is 0 Å². The zero-order valence-corrected chi connectivity index (χ0v) is 22.6. The number of rotatable bonds is 8. The maximum atomic E-state index is 4.97. The van der Waals surface area contributed by atoms with Gasteiger partial charge in [0.1, 0.15) is 0 Å². The van der Waals surface area contributed by atoms with Crippen molar-refractivity contribution in [2.45, 2.75) is 47.4 Å². The zero-order valence-electron chi connectivity index (χ0n) is 22.6. The van der Waals surface area contributed by atoms with Gasteiger partial charge >= 0.3 is 0 Å². The van der Waals surface area contributed by atoms with Crippen LogP contribution in [0.4, 0.5) is 0 Å². The summed E-state index contributed by atoms with van der Waals surface area (Å²) >= 11 is 0. The molecule has 0 amide bonds. The van der Waals surface area contributed by atoms with Gasteiger partial charge in [0.05, 0.1) is 0 Å². The lowest BCUT2D eigenvalue weighted by Crippen LogP contribution is -2.19. The fraction of sp³-hybridized carbons (Fsp3) is 0.242. The largest absolute Gasteiger partial charge is 0.209 e. The smallest absolute Gasteiger partial charge is 0.164 e. The van der Waals surface area contributed by atoms with E-state index in [1.807, 2.05) is 25.1 Å². The number of nitrogens with zero attached hydrogens (tertiary/aromatic N) is 3.